The fourth-order valence-corrected chi connectivity index (χ4v) is 4.19. The topological polar surface area (TPSA) is 68.5 Å². The lowest BCUT2D eigenvalue weighted by Crippen LogP contribution is -2.37. The molecule has 3 rings (SSSR count). The summed E-state index contributed by atoms with van der Waals surface area (Å²) in [6.07, 6.45) is 3.35. The third-order valence-electron chi connectivity index (χ3n) is 5.32. The van der Waals surface area contributed by atoms with E-state index in [1.54, 1.807) is 6.92 Å². The predicted octanol–water partition coefficient (Wildman–Crippen LogP) is 3.56. The van der Waals surface area contributed by atoms with Gasteiger partial charge in [0, 0.05) is 16.6 Å². The third-order valence-corrected chi connectivity index (χ3v) is 5.32. The summed E-state index contributed by atoms with van der Waals surface area (Å²) in [6, 6.07) is 7.94. The molecule has 0 bridgehead atoms. The molecule has 1 atom stereocenters. The van der Waals surface area contributed by atoms with Gasteiger partial charge >= 0.3 is 11.9 Å². The fourth-order valence-electron chi connectivity index (χ4n) is 4.19. The van der Waals surface area contributed by atoms with Crippen LogP contribution in [-0.4, -0.2) is 28.2 Å². The molecular formula is C20H25NO4. The molecule has 5 heteroatoms. The van der Waals surface area contributed by atoms with E-state index in [1.807, 2.05) is 35.8 Å². The second kappa shape index (κ2) is 6.90. The van der Waals surface area contributed by atoms with E-state index in [2.05, 4.69) is 0 Å². The van der Waals surface area contributed by atoms with Crippen LogP contribution in [0.15, 0.2) is 24.3 Å². The molecule has 25 heavy (non-hydrogen) atoms. The van der Waals surface area contributed by atoms with Crippen molar-refractivity contribution in [2.75, 3.05) is 6.61 Å². The minimum atomic E-state index is -0.706. The number of carbonyl (C=O) groups excluding carboxylic acids is 1. The first-order chi connectivity index (χ1) is 12.0. The van der Waals surface area contributed by atoms with Crippen molar-refractivity contribution >= 4 is 22.8 Å². The van der Waals surface area contributed by atoms with Gasteiger partial charge in [-0.3, -0.25) is 9.59 Å². The van der Waals surface area contributed by atoms with Crippen LogP contribution in [0.5, 0.6) is 0 Å². The first kappa shape index (κ1) is 17.5. The second-order valence-electron chi connectivity index (χ2n) is 6.85. The number of para-hydroxylation sites is 1. The molecule has 2 aromatic rings. The largest absolute Gasteiger partial charge is 0.481 e. The van der Waals surface area contributed by atoms with Crippen LogP contribution in [0.3, 0.4) is 0 Å². The average molecular weight is 343 g/mol. The van der Waals surface area contributed by atoms with Crippen LogP contribution < -0.4 is 0 Å². The van der Waals surface area contributed by atoms with Crippen LogP contribution in [0.25, 0.3) is 10.9 Å². The van der Waals surface area contributed by atoms with Crippen molar-refractivity contribution in [1.29, 1.82) is 0 Å². The van der Waals surface area contributed by atoms with Gasteiger partial charge in [-0.2, -0.15) is 0 Å². The maximum atomic E-state index is 12.0. The lowest BCUT2D eigenvalue weighted by molar-refractivity contribution is -0.150. The molecule has 5 nitrogen and oxygen atoms in total. The Morgan fingerprint density at radius 1 is 1.28 bits per heavy atom. The molecule has 1 heterocycles. The van der Waals surface area contributed by atoms with Crippen molar-refractivity contribution in [2.45, 2.75) is 52.5 Å². The zero-order chi connectivity index (χ0) is 18.0. The molecule has 0 aliphatic heterocycles. The van der Waals surface area contributed by atoms with Gasteiger partial charge in [-0.05, 0) is 44.2 Å². The molecule has 1 aromatic heterocycles. The van der Waals surface area contributed by atoms with Gasteiger partial charge in [-0.15, -0.1) is 0 Å². The molecule has 1 aromatic carbocycles. The number of hydrogen-bond donors (Lipinski definition) is 1. The van der Waals surface area contributed by atoms with E-state index in [1.165, 1.54) is 0 Å². The summed E-state index contributed by atoms with van der Waals surface area (Å²) in [4.78, 5) is 24.0. The smallest absolute Gasteiger partial charge is 0.325 e. The van der Waals surface area contributed by atoms with Crippen molar-refractivity contribution in [3.63, 3.8) is 0 Å². The number of rotatable bonds is 6. The van der Waals surface area contributed by atoms with Crippen LogP contribution >= 0.6 is 0 Å². The van der Waals surface area contributed by atoms with Crippen molar-refractivity contribution < 1.29 is 19.4 Å². The highest BCUT2D eigenvalue weighted by molar-refractivity contribution is 5.88. The molecular weight excluding hydrogens is 318 g/mol. The Morgan fingerprint density at radius 2 is 2.04 bits per heavy atom. The normalized spacial score (nSPS) is 19.6. The Labute approximate surface area is 147 Å². The van der Waals surface area contributed by atoms with E-state index in [-0.39, 0.29) is 12.5 Å². The minimum Gasteiger partial charge on any atom is -0.481 e. The number of aliphatic carboxylic acids is 1. The van der Waals surface area contributed by atoms with E-state index in [9.17, 15) is 14.7 Å². The van der Waals surface area contributed by atoms with Gasteiger partial charge in [0.25, 0.3) is 0 Å². The number of carbonyl (C=O) groups is 2. The molecule has 1 aliphatic carbocycles. The minimum absolute atomic E-state index is 0.178. The first-order valence-corrected chi connectivity index (χ1v) is 9.00. The summed E-state index contributed by atoms with van der Waals surface area (Å²) in [5.41, 5.74) is 2.46. The van der Waals surface area contributed by atoms with Crippen LogP contribution in [-0.2, 0) is 33.7 Å². The van der Waals surface area contributed by atoms with E-state index >= 15 is 0 Å². The maximum Gasteiger partial charge on any atom is 0.325 e. The van der Waals surface area contributed by atoms with Crippen LogP contribution in [0.1, 0.15) is 44.4 Å². The van der Waals surface area contributed by atoms with E-state index < -0.39 is 11.4 Å². The van der Waals surface area contributed by atoms with Gasteiger partial charge in [0.05, 0.1) is 12.0 Å². The van der Waals surface area contributed by atoms with Crippen molar-refractivity contribution in [3.8, 4) is 0 Å². The van der Waals surface area contributed by atoms with Gasteiger partial charge in [0.15, 0.2) is 0 Å². The maximum absolute atomic E-state index is 12.0. The Hall–Kier alpha value is -2.30. The van der Waals surface area contributed by atoms with Gasteiger partial charge in [0.2, 0.25) is 0 Å². The van der Waals surface area contributed by atoms with E-state index in [0.29, 0.717) is 32.3 Å². The van der Waals surface area contributed by atoms with Gasteiger partial charge in [-0.25, -0.2) is 0 Å². The summed E-state index contributed by atoms with van der Waals surface area (Å²) in [6.45, 7) is 4.37. The Kier molecular flexibility index (Phi) is 4.84. The molecule has 0 amide bonds. The standard InChI is InChI=1S/C20H25NO4/c1-3-10-20(19(23)24)11-9-17-15(12-20)14-7-5-6-8-16(14)21(17)13-18(22)25-4-2/h5-8H,3-4,9-13H2,1-2H3,(H,23,24). The zero-order valence-corrected chi connectivity index (χ0v) is 14.9. The quantitative estimate of drug-likeness (QED) is 0.814. The molecule has 134 valence electrons. The Bertz CT molecular complexity index is 807. The Morgan fingerprint density at radius 3 is 2.72 bits per heavy atom. The lowest BCUT2D eigenvalue weighted by atomic mass is 9.70. The average Bonchev–Trinajstić information content (AvgIpc) is 2.89. The molecule has 1 aliphatic rings. The summed E-state index contributed by atoms with van der Waals surface area (Å²) in [5.74, 6) is -0.961. The first-order valence-electron chi connectivity index (χ1n) is 9.00. The van der Waals surface area contributed by atoms with Crippen LogP contribution in [0.2, 0.25) is 0 Å². The fraction of sp³-hybridized carbons (Fsp3) is 0.500. The number of fused-ring (bicyclic) bond motifs is 3. The summed E-state index contributed by atoms with van der Waals surface area (Å²) in [7, 11) is 0. The number of carboxylic acids is 1. The van der Waals surface area contributed by atoms with Crippen molar-refractivity contribution in [1.82, 2.24) is 4.57 Å². The van der Waals surface area contributed by atoms with E-state index in [0.717, 1.165) is 28.6 Å². The molecule has 0 radical (unpaired) electrons. The van der Waals surface area contributed by atoms with Crippen molar-refractivity contribution in [3.05, 3.63) is 35.5 Å². The molecule has 0 fully saturated rings. The van der Waals surface area contributed by atoms with Gasteiger partial charge in [-0.1, -0.05) is 31.5 Å². The number of aromatic nitrogens is 1. The summed E-state index contributed by atoms with van der Waals surface area (Å²) >= 11 is 0. The van der Waals surface area contributed by atoms with Crippen LogP contribution in [0, 0.1) is 5.41 Å². The highest BCUT2D eigenvalue weighted by Crippen LogP contribution is 2.43. The third kappa shape index (κ3) is 3.03. The number of benzene rings is 1. The highest BCUT2D eigenvalue weighted by atomic mass is 16.5. The van der Waals surface area contributed by atoms with Gasteiger partial charge in [0.1, 0.15) is 6.54 Å². The molecule has 0 saturated heterocycles. The number of carboxylic acid groups (broad SMARTS) is 1. The molecule has 0 saturated carbocycles. The summed E-state index contributed by atoms with van der Waals surface area (Å²) in [5, 5.41) is 10.9. The lowest BCUT2D eigenvalue weighted by Gasteiger charge is -2.33. The van der Waals surface area contributed by atoms with Crippen molar-refractivity contribution in [2.24, 2.45) is 5.41 Å². The molecule has 1 unspecified atom stereocenters. The monoisotopic (exact) mass is 343 g/mol. The second-order valence-corrected chi connectivity index (χ2v) is 6.85. The zero-order valence-electron chi connectivity index (χ0n) is 14.9. The number of ether oxygens (including phenoxy) is 1. The highest BCUT2D eigenvalue weighted by Gasteiger charge is 2.42. The Balaban J connectivity index is 2.08. The number of nitrogens with zero attached hydrogens (tertiary/aromatic N) is 1. The summed E-state index contributed by atoms with van der Waals surface area (Å²) < 4.78 is 7.13. The number of esters is 1. The molecule has 1 N–H and O–H groups in total. The molecule has 0 spiro atoms. The predicted molar refractivity (Wildman–Crippen MR) is 95.6 cm³/mol. The van der Waals surface area contributed by atoms with Gasteiger partial charge < -0.3 is 14.4 Å². The SMILES string of the molecule is CCCC1(C(=O)O)CCc2c(c3ccccc3n2CC(=O)OCC)C1. The number of hydrogen-bond acceptors (Lipinski definition) is 3. The van der Waals surface area contributed by atoms with E-state index in [4.69, 9.17) is 4.74 Å². The van der Waals surface area contributed by atoms with Crippen LogP contribution in [0.4, 0.5) is 0 Å².